The number of anilines is 1. The summed E-state index contributed by atoms with van der Waals surface area (Å²) >= 11 is 5.26. The van der Waals surface area contributed by atoms with Crippen LogP contribution in [0.1, 0.15) is 46.1 Å². The molecule has 0 amide bonds. The zero-order valence-electron chi connectivity index (χ0n) is 20.5. The number of thiocarbonyl (C=S) groups is 1. The fraction of sp³-hybridized carbons (Fsp3) is 0.440. The first-order chi connectivity index (χ1) is 16.5. The Bertz CT molecular complexity index is 1160. The highest BCUT2D eigenvalue weighted by atomic mass is 32.1. The molecule has 7 nitrogen and oxygen atoms in total. The molecule has 35 heavy (non-hydrogen) atoms. The second kappa shape index (κ2) is 11.3. The van der Waals surface area contributed by atoms with Gasteiger partial charge in [-0.15, -0.1) is 0 Å². The molecule has 0 radical (unpaired) electrons. The summed E-state index contributed by atoms with van der Waals surface area (Å²) in [6.45, 7) is 10.2. The van der Waals surface area contributed by atoms with Crippen LogP contribution in [0.3, 0.4) is 0 Å². The lowest BCUT2D eigenvalue weighted by Crippen LogP contribution is -2.43. The molecular weight excluding hydrogens is 474 g/mol. The molecule has 0 unspecified atom stereocenters. The highest BCUT2D eigenvalue weighted by molar-refractivity contribution is 7.80. The van der Waals surface area contributed by atoms with Crippen molar-refractivity contribution < 1.29 is 23.4 Å². The number of aliphatic hydroxyl groups excluding tert-OH is 1. The Labute approximate surface area is 209 Å². The highest BCUT2D eigenvalue weighted by Crippen LogP contribution is 2.37. The molecule has 2 heterocycles. The number of nitrogens with one attached hydrogen (secondary N) is 3. The number of rotatable bonds is 10. The highest BCUT2D eigenvalue weighted by Gasteiger charge is 2.25. The van der Waals surface area contributed by atoms with E-state index < -0.39 is 22.8 Å². The van der Waals surface area contributed by atoms with Crippen LogP contribution in [0, 0.1) is 17.0 Å². The van der Waals surface area contributed by atoms with Crippen LogP contribution < -0.4 is 15.4 Å². The van der Waals surface area contributed by atoms with E-state index >= 15 is 0 Å². The molecule has 1 aromatic carbocycles. The molecule has 1 atom stereocenters. The number of aromatic nitrogens is 2. The molecule has 190 valence electrons. The first kappa shape index (κ1) is 26.8. The van der Waals surface area contributed by atoms with E-state index in [4.69, 9.17) is 21.7 Å². The van der Waals surface area contributed by atoms with Crippen molar-refractivity contribution in [1.82, 2.24) is 15.3 Å². The number of fused-ring (bicyclic) bond motifs is 1. The van der Waals surface area contributed by atoms with Crippen LogP contribution in [0.5, 0.6) is 11.5 Å². The molecule has 0 saturated heterocycles. The maximum atomic E-state index is 14.9. The van der Waals surface area contributed by atoms with Crippen molar-refractivity contribution in [3.05, 3.63) is 47.8 Å². The Morgan fingerprint density at radius 2 is 1.91 bits per heavy atom. The molecule has 0 fully saturated rings. The lowest BCUT2D eigenvalue weighted by Gasteiger charge is -2.29. The summed E-state index contributed by atoms with van der Waals surface area (Å²) in [5.41, 5.74) is 1.06. The number of aliphatic hydroxyl groups is 1. The maximum absolute atomic E-state index is 14.9. The standard InChI is InChI=1S/C25H32F2N4O3S/c1-14(2)17-10-29-23-21(17)20(6-7-28-23)34-22-18(26)8-16(9-19(22)27)31-24(35)30-11-25(5,12-32)13-33-15(3)4/h6-10,14-15,32H,11-13H2,1-5H3,(H,28,29)(H2,30,31,35)/t25-/m0/s1. The van der Waals surface area contributed by atoms with Crippen molar-refractivity contribution in [3.8, 4) is 11.5 Å². The van der Waals surface area contributed by atoms with Crippen LogP contribution in [-0.4, -0.2) is 46.0 Å². The minimum atomic E-state index is -0.882. The Morgan fingerprint density at radius 3 is 2.51 bits per heavy atom. The van der Waals surface area contributed by atoms with Gasteiger partial charge in [-0.3, -0.25) is 0 Å². The number of pyridine rings is 1. The summed E-state index contributed by atoms with van der Waals surface area (Å²) in [7, 11) is 0. The Kier molecular flexibility index (Phi) is 8.63. The largest absolute Gasteiger partial charge is 0.450 e. The SMILES string of the molecule is CC(C)OC[C@](C)(CO)CNC(=S)Nc1cc(F)c(Oc2ccnc3[nH]cc(C(C)C)c23)c(F)c1. The fourth-order valence-corrected chi connectivity index (χ4v) is 3.61. The quantitative estimate of drug-likeness (QED) is 0.271. The molecule has 3 rings (SSSR count). The summed E-state index contributed by atoms with van der Waals surface area (Å²) in [5, 5.41) is 16.3. The van der Waals surface area contributed by atoms with E-state index in [9.17, 15) is 13.9 Å². The van der Waals surface area contributed by atoms with Gasteiger partial charge in [0, 0.05) is 42.2 Å². The van der Waals surface area contributed by atoms with Gasteiger partial charge in [0.25, 0.3) is 0 Å². The number of ether oxygens (including phenoxy) is 2. The second-order valence-electron chi connectivity index (χ2n) is 9.44. The van der Waals surface area contributed by atoms with Gasteiger partial charge in [0.1, 0.15) is 11.4 Å². The van der Waals surface area contributed by atoms with Crippen LogP contribution in [0.4, 0.5) is 14.5 Å². The molecule has 0 bridgehead atoms. The number of hydrogen-bond acceptors (Lipinski definition) is 5. The molecule has 0 saturated carbocycles. The van der Waals surface area contributed by atoms with E-state index in [0.717, 1.165) is 17.7 Å². The Morgan fingerprint density at radius 1 is 1.23 bits per heavy atom. The summed E-state index contributed by atoms with van der Waals surface area (Å²) < 4.78 is 41.1. The van der Waals surface area contributed by atoms with Gasteiger partial charge < -0.3 is 30.2 Å². The van der Waals surface area contributed by atoms with Gasteiger partial charge >= 0.3 is 0 Å². The number of aromatic amines is 1. The van der Waals surface area contributed by atoms with Crippen LogP contribution >= 0.6 is 12.2 Å². The van der Waals surface area contributed by atoms with Crippen LogP contribution in [0.15, 0.2) is 30.6 Å². The number of benzene rings is 1. The van der Waals surface area contributed by atoms with E-state index in [1.54, 1.807) is 6.07 Å². The molecule has 0 spiro atoms. The number of nitrogens with zero attached hydrogens (tertiary/aromatic N) is 1. The Hall–Kier alpha value is -2.82. The molecule has 0 aliphatic rings. The van der Waals surface area contributed by atoms with Gasteiger partial charge in [0.05, 0.1) is 24.7 Å². The smallest absolute Gasteiger partial charge is 0.198 e. The molecule has 3 aromatic rings. The first-order valence-electron chi connectivity index (χ1n) is 11.4. The molecular formula is C25H32F2N4O3S. The van der Waals surface area contributed by atoms with Crippen LogP contribution in [-0.2, 0) is 4.74 Å². The third-order valence-corrected chi connectivity index (χ3v) is 5.72. The average Bonchev–Trinajstić information content (AvgIpc) is 3.24. The van der Waals surface area contributed by atoms with Gasteiger partial charge in [-0.05, 0) is 43.6 Å². The monoisotopic (exact) mass is 506 g/mol. The summed E-state index contributed by atoms with van der Waals surface area (Å²) in [5.74, 6) is -1.81. The minimum Gasteiger partial charge on any atom is -0.450 e. The van der Waals surface area contributed by atoms with Gasteiger partial charge in [0.15, 0.2) is 22.5 Å². The van der Waals surface area contributed by atoms with Crippen molar-refractivity contribution >= 4 is 34.1 Å². The normalized spacial score (nSPS) is 13.3. The van der Waals surface area contributed by atoms with E-state index in [0.29, 0.717) is 29.9 Å². The molecule has 10 heteroatoms. The van der Waals surface area contributed by atoms with Crippen molar-refractivity contribution in [2.75, 3.05) is 25.1 Å². The van der Waals surface area contributed by atoms with Crippen molar-refractivity contribution in [1.29, 1.82) is 0 Å². The number of halogens is 2. The predicted octanol–water partition coefficient (Wildman–Crippen LogP) is 5.47. The fourth-order valence-electron chi connectivity index (χ4n) is 3.42. The lowest BCUT2D eigenvalue weighted by atomic mass is 9.93. The third-order valence-electron chi connectivity index (χ3n) is 5.48. The van der Waals surface area contributed by atoms with Crippen molar-refractivity contribution in [2.24, 2.45) is 5.41 Å². The third kappa shape index (κ3) is 6.65. The van der Waals surface area contributed by atoms with Crippen molar-refractivity contribution in [3.63, 3.8) is 0 Å². The maximum Gasteiger partial charge on any atom is 0.198 e. The van der Waals surface area contributed by atoms with Crippen LogP contribution in [0.2, 0.25) is 0 Å². The molecule has 2 aromatic heterocycles. The average molecular weight is 507 g/mol. The topological polar surface area (TPSA) is 91.4 Å². The van der Waals surface area contributed by atoms with Gasteiger partial charge in [0.2, 0.25) is 0 Å². The van der Waals surface area contributed by atoms with E-state index in [-0.39, 0.29) is 29.4 Å². The zero-order chi connectivity index (χ0) is 25.8. The van der Waals surface area contributed by atoms with E-state index in [2.05, 4.69) is 20.6 Å². The molecule has 0 aliphatic carbocycles. The van der Waals surface area contributed by atoms with E-state index in [1.807, 2.05) is 40.8 Å². The lowest BCUT2D eigenvalue weighted by molar-refractivity contribution is -0.00872. The van der Waals surface area contributed by atoms with Crippen LogP contribution in [0.25, 0.3) is 11.0 Å². The summed E-state index contributed by atoms with van der Waals surface area (Å²) in [6.07, 6.45) is 3.36. The van der Waals surface area contributed by atoms with Gasteiger partial charge in [-0.2, -0.15) is 0 Å². The number of hydrogen-bond donors (Lipinski definition) is 4. The minimum absolute atomic E-state index is 0.0232. The summed E-state index contributed by atoms with van der Waals surface area (Å²) in [6, 6.07) is 3.80. The Balaban J connectivity index is 1.72. The van der Waals surface area contributed by atoms with Crippen molar-refractivity contribution in [2.45, 2.75) is 46.6 Å². The molecule has 4 N–H and O–H groups in total. The zero-order valence-corrected chi connectivity index (χ0v) is 21.4. The number of H-pyrrole nitrogens is 1. The van der Waals surface area contributed by atoms with E-state index in [1.165, 1.54) is 6.20 Å². The predicted molar refractivity (Wildman–Crippen MR) is 137 cm³/mol. The molecule has 0 aliphatic heterocycles. The summed E-state index contributed by atoms with van der Waals surface area (Å²) in [4.78, 5) is 7.32. The van der Waals surface area contributed by atoms with Gasteiger partial charge in [-0.25, -0.2) is 13.8 Å². The first-order valence-corrected chi connectivity index (χ1v) is 11.8. The second-order valence-corrected chi connectivity index (χ2v) is 9.85. The van der Waals surface area contributed by atoms with Gasteiger partial charge in [-0.1, -0.05) is 20.8 Å².